The number of carboxylic acid groups (broad SMARTS) is 1. The van der Waals surface area contributed by atoms with Gasteiger partial charge in [-0.15, -0.1) is 0 Å². The molecule has 2 amide bonds. The number of nitrogens with one attached hydrogen (secondary N) is 2. The molecule has 1 aliphatic rings. The standard InChI is InChI=1S/C27H31N3O5/c1-2-9-18(16-25(31)32)29-26(33)24(14-7-8-15-28)30-27(34)35-17-23-21-12-5-3-10-19(21)20-11-4-6-13-22(20)23/h3-6,10-13,18,23-24H,2,7-9,14,16-17H2,1H3,(H,29,33)(H,30,34)(H,31,32). The normalized spacial score (nSPS) is 13.6. The number of unbranched alkanes of at least 4 members (excludes halogenated alkanes) is 1. The second-order valence-corrected chi connectivity index (χ2v) is 8.66. The van der Waals surface area contributed by atoms with Crippen molar-refractivity contribution in [3.8, 4) is 17.2 Å². The van der Waals surface area contributed by atoms with E-state index in [1.165, 1.54) is 0 Å². The number of ether oxygens (including phenoxy) is 1. The van der Waals surface area contributed by atoms with Crippen LogP contribution in [0.1, 0.15) is 62.5 Å². The molecule has 3 N–H and O–H groups in total. The van der Waals surface area contributed by atoms with Crippen molar-refractivity contribution in [2.24, 2.45) is 0 Å². The van der Waals surface area contributed by atoms with Gasteiger partial charge in [0, 0.05) is 18.4 Å². The lowest BCUT2D eigenvalue weighted by Crippen LogP contribution is -2.50. The summed E-state index contributed by atoms with van der Waals surface area (Å²) in [5.41, 5.74) is 4.40. The predicted octanol–water partition coefficient (Wildman–Crippen LogP) is 4.35. The molecule has 8 heteroatoms. The molecule has 0 radical (unpaired) electrons. The van der Waals surface area contributed by atoms with Gasteiger partial charge in [0.25, 0.3) is 0 Å². The number of carbonyl (C=O) groups is 3. The van der Waals surface area contributed by atoms with Gasteiger partial charge < -0.3 is 20.5 Å². The molecular weight excluding hydrogens is 446 g/mol. The van der Waals surface area contributed by atoms with Crippen molar-refractivity contribution in [1.82, 2.24) is 10.6 Å². The maximum Gasteiger partial charge on any atom is 0.407 e. The zero-order valence-corrected chi connectivity index (χ0v) is 19.8. The Morgan fingerprint density at radius 3 is 2.23 bits per heavy atom. The monoisotopic (exact) mass is 477 g/mol. The summed E-state index contributed by atoms with van der Waals surface area (Å²) in [6, 6.07) is 16.6. The van der Waals surface area contributed by atoms with E-state index in [9.17, 15) is 14.4 Å². The Morgan fingerprint density at radius 2 is 1.66 bits per heavy atom. The van der Waals surface area contributed by atoms with Gasteiger partial charge in [0.05, 0.1) is 12.5 Å². The van der Waals surface area contributed by atoms with Crippen molar-refractivity contribution >= 4 is 18.0 Å². The molecule has 35 heavy (non-hydrogen) atoms. The van der Waals surface area contributed by atoms with Gasteiger partial charge in [0.2, 0.25) is 5.91 Å². The minimum Gasteiger partial charge on any atom is -0.481 e. The fourth-order valence-corrected chi connectivity index (χ4v) is 4.52. The van der Waals surface area contributed by atoms with Crippen LogP contribution in [-0.4, -0.2) is 41.8 Å². The molecule has 1 aliphatic carbocycles. The number of aliphatic carboxylic acids is 1. The maximum atomic E-state index is 12.9. The smallest absolute Gasteiger partial charge is 0.407 e. The third kappa shape index (κ3) is 6.82. The Hall–Kier alpha value is -3.86. The lowest BCUT2D eigenvalue weighted by atomic mass is 9.98. The van der Waals surface area contributed by atoms with Gasteiger partial charge in [-0.25, -0.2) is 4.79 Å². The van der Waals surface area contributed by atoms with Crippen LogP contribution in [0.5, 0.6) is 0 Å². The summed E-state index contributed by atoms with van der Waals surface area (Å²) in [7, 11) is 0. The molecule has 0 heterocycles. The molecule has 0 aliphatic heterocycles. The first kappa shape index (κ1) is 25.8. The highest BCUT2D eigenvalue weighted by Gasteiger charge is 2.30. The lowest BCUT2D eigenvalue weighted by Gasteiger charge is -2.22. The van der Waals surface area contributed by atoms with Crippen LogP contribution < -0.4 is 10.6 Å². The highest BCUT2D eigenvalue weighted by molar-refractivity contribution is 5.86. The molecule has 8 nitrogen and oxygen atoms in total. The number of carboxylic acids is 1. The first-order valence-corrected chi connectivity index (χ1v) is 11.9. The second kappa shape index (κ2) is 12.6. The Kier molecular flexibility index (Phi) is 9.24. The summed E-state index contributed by atoms with van der Waals surface area (Å²) < 4.78 is 5.55. The largest absolute Gasteiger partial charge is 0.481 e. The van der Waals surface area contributed by atoms with E-state index in [2.05, 4.69) is 10.6 Å². The van der Waals surface area contributed by atoms with Crippen molar-refractivity contribution in [2.45, 2.75) is 63.5 Å². The van der Waals surface area contributed by atoms with Crippen LogP contribution in [-0.2, 0) is 14.3 Å². The van der Waals surface area contributed by atoms with Gasteiger partial charge in [-0.05, 0) is 41.5 Å². The van der Waals surface area contributed by atoms with Crippen molar-refractivity contribution in [3.05, 3.63) is 59.7 Å². The summed E-state index contributed by atoms with van der Waals surface area (Å²) in [6.45, 7) is 2.02. The van der Waals surface area contributed by atoms with Crippen LogP contribution >= 0.6 is 0 Å². The number of hydrogen-bond acceptors (Lipinski definition) is 5. The van der Waals surface area contributed by atoms with Gasteiger partial charge in [0.15, 0.2) is 0 Å². The van der Waals surface area contributed by atoms with Crippen LogP contribution in [0.2, 0.25) is 0 Å². The quantitative estimate of drug-likeness (QED) is 0.390. The molecule has 0 spiro atoms. The minimum atomic E-state index is -1.01. The Balaban J connectivity index is 1.65. The number of alkyl carbamates (subject to hydrolysis) is 1. The van der Waals surface area contributed by atoms with Crippen molar-refractivity contribution < 1.29 is 24.2 Å². The van der Waals surface area contributed by atoms with Crippen LogP contribution in [0.4, 0.5) is 4.79 Å². The van der Waals surface area contributed by atoms with Crippen LogP contribution in [0.3, 0.4) is 0 Å². The molecule has 2 aromatic rings. The van der Waals surface area contributed by atoms with E-state index in [1.807, 2.05) is 61.5 Å². The molecule has 0 fully saturated rings. The fraction of sp³-hybridized carbons (Fsp3) is 0.407. The highest BCUT2D eigenvalue weighted by Crippen LogP contribution is 2.44. The van der Waals surface area contributed by atoms with Gasteiger partial charge in [-0.1, -0.05) is 61.9 Å². The third-order valence-corrected chi connectivity index (χ3v) is 6.14. The molecule has 0 saturated heterocycles. The molecule has 3 rings (SSSR count). The fourth-order valence-electron chi connectivity index (χ4n) is 4.52. The summed E-state index contributed by atoms with van der Waals surface area (Å²) in [6.07, 6.45) is 1.18. The number of amides is 2. The average Bonchev–Trinajstić information content (AvgIpc) is 3.15. The Bertz CT molecular complexity index is 1050. The summed E-state index contributed by atoms with van der Waals surface area (Å²) in [5.74, 6) is -1.59. The zero-order chi connectivity index (χ0) is 25.2. The van der Waals surface area contributed by atoms with Crippen LogP contribution in [0.15, 0.2) is 48.5 Å². The van der Waals surface area contributed by atoms with Gasteiger partial charge in [-0.2, -0.15) is 5.26 Å². The van der Waals surface area contributed by atoms with Crippen molar-refractivity contribution in [1.29, 1.82) is 5.26 Å². The number of fused-ring (bicyclic) bond motifs is 3. The molecule has 2 aromatic carbocycles. The summed E-state index contributed by atoms with van der Waals surface area (Å²) >= 11 is 0. The molecule has 0 bridgehead atoms. The SMILES string of the molecule is CCCC(CC(=O)O)NC(=O)C(CCCC#N)NC(=O)OCC1c2ccccc2-c2ccccc21. The molecule has 0 aromatic heterocycles. The number of rotatable bonds is 12. The first-order valence-electron chi connectivity index (χ1n) is 11.9. The minimum absolute atomic E-state index is 0.108. The number of nitriles is 1. The molecule has 0 saturated carbocycles. The topological polar surface area (TPSA) is 129 Å². The summed E-state index contributed by atoms with van der Waals surface area (Å²) in [5, 5.41) is 23.3. The Labute approximate surface area is 205 Å². The molecule has 2 atom stereocenters. The van der Waals surface area contributed by atoms with Crippen molar-refractivity contribution in [2.75, 3.05) is 6.61 Å². The van der Waals surface area contributed by atoms with E-state index in [0.717, 1.165) is 22.3 Å². The van der Waals surface area contributed by atoms with Crippen LogP contribution in [0, 0.1) is 11.3 Å². The predicted molar refractivity (Wildman–Crippen MR) is 131 cm³/mol. The van der Waals surface area contributed by atoms with E-state index >= 15 is 0 Å². The number of nitrogens with zero attached hydrogens (tertiary/aromatic N) is 1. The van der Waals surface area contributed by atoms with Gasteiger partial charge >= 0.3 is 12.1 Å². The second-order valence-electron chi connectivity index (χ2n) is 8.66. The van der Waals surface area contributed by atoms with Gasteiger partial charge in [0.1, 0.15) is 12.6 Å². The maximum absolute atomic E-state index is 12.9. The molecule has 2 unspecified atom stereocenters. The highest BCUT2D eigenvalue weighted by atomic mass is 16.5. The van der Waals surface area contributed by atoms with E-state index in [1.54, 1.807) is 0 Å². The van der Waals surface area contributed by atoms with E-state index in [4.69, 9.17) is 15.1 Å². The number of benzene rings is 2. The average molecular weight is 478 g/mol. The molecule has 184 valence electrons. The first-order chi connectivity index (χ1) is 16.9. The lowest BCUT2D eigenvalue weighted by molar-refractivity contribution is -0.137. The van der Waals surface area contributed by atoms with Crippen LogP contribution in [0.25, 0.3) is 11.1 Å². The number of hydrogen-bond donors (Lipinski definition) is 3. The number of carbonyl (C=O) groups excluding carboxylic acids is 2. The Morgan fingerprint density at radius 1 is 1.03 bits per heavy atom. The van der Waals surface area contributed by atoms with Crippen molar-refractivity contribution in [3.63, 3.8) is 0 Å². The molecular formula is C27H31N3O5. The van der Waals surface area contributed by atoms with E-state index in [-0.39, 0.29) is 31.8 Å². The zero-order valence-electron chi connectivity index (χ0n) is 19.8. The summed E-state index contributed by atoms with van der Waals surface area (Å²) in [4.78, 5) is 36.7. The third-order valence-electron chi connectivity index (χ3n) is 6.14. The van der Waals surface area contributed by atoms with Gasteiger partial charge in [-0.3, -0.25) is 9.59 Å². The van der Waals surface area contributed by atoms with E-state index < -0.39 is 30.1 Å². The van der Waals surface area contributed by atoms with E-state index in [0.29, 0.717) is 19.3 Å².